The number of hydrazone groups is 1. The van der Waals surface area contributed by atoms with Gasteiger partial charge in [-0.25, -0.2) is 0 Å². The number of aromatic nitrogens is 1. The van der Waals surface area contributed by atoms with Gasteiger partial charge in [-0.05, 0) is 31.3 Å². The Kier molecular flexibility index (Phi) is 5.74. The Morgan fingerprint density at radius 2 is 2.29 bits per heavy atom. The predicted octanol–water partition coefficient (Wildman–Crippen LogP) is 1.06. The van der Waals surface area contributed by atoms with Gasteiger partial charge in [-0.15, -0.1) is 12.4 Å². The van der Waals surface area contributed by atoms with E-state index in [4.69, 9.17) is 5.73 Å². The van der Waals surface area contributed by atoms with Gasteiger partial charge in [0.1, 0.15) is 0 Å². The molecule has 0 bridgehead atoms. The topological polar surface area (TPSA) is 63.3 Å². The van der Waals surface area contributed by atoms with Crippen LogP contribution in [0.25, 0.3) is 0 Å². The number of hydrogen-bond acceptors (Lipinski definition) is 3. The van der Waals surface area contributed by atoms with Gasteiger partial charge in [0.25, 0.3) is 0 Å². The van der Waals surface area contributed by atoms with Crippen LogP contribution in [-0.4, -0.2) is 15.8 Å². The van der Waals surface area contributed by atoms with Gasteiger partial charge in [0.15, 0.2) is 5.11 Å². The van der Waals surface area contributed by atoms with Crippen LogP contribution in [0.5, 0.6) is 0 Å². The summed E-state index contributed by atoms with van der Waals surface area (Å²) < 4.78 is 0. The lowest BCUT2D eigenvalue weighted by molar-refractivity contribution is 1.02. The zero-order valence-electron chi connectivity index (χ0n) is 7.60. The molecule has 76 valence electrons. The third-order valence-electron chi connectivity index (χ3n) is 1.37. The van der Waals surface area contributed by atoms with Crippen molar-refractivity contribution in [3.63, 3.8) is 0 Å². The first kappa shape index (κ1) is 12.8. The molecule has 0 aliphatic rings. The van der Waals surface area contributed by atoms with Crippen LogP contribution in [0.15, 0.2) is 29.5 Å². The predicted molar refractivity (Wildman–Crippen MR) is 63.6 cm³/mol. The molecule has 0 atom stereocenters. The van der Waals surface area contributed by atoms with Crippen molar-refractivity contribution in [1.82, 2.24) is 10.4 Å². The van der Waals surface area contributed by atoms with Crippen molar-refractivity contribution in [3.05, 3.63) is 30.1 Å². The number of rotatable bonds is 2. The first-order valence-electron chi connectivity index (χ1n) is 3.71. The second-order valence-corrected chi connectivity index (χ2v) is 2.83. The van der Waals surface area contributed by atoms with Crippen LogP contribution in [0.1, 0.15) is 12.6 Å². The lowest BCUT2D eigenvalue weighted by Crippen LogP contribution is -2.25. The number of hydrogen-bond donors (Lipinski definition) is 2. The fourth-order valence-corrected chi connectivity index (χ4v) is 0.819. The van der Waals surface area contributed by atoms with E-state index in [0.29, 0.717) is 0 Å². The number of nitrogens with one attached hydrogen (secondary N) is 1. The van der Waals surface area contributed by atoms with Crippen LogP contribution < -0.4 is 11.2 Å². The fourth-order valence-electron chi connectivity index (χ4n) is 0.773. The molecule has 4 nitrogen and oxygen atoms in total. The summed E-state index contributed by atoms with van der Waals surface area (Å²) in [6.07, 6.45) is 1.70. The highest BCUT2D eigenvalue weighted by Crippen LogP contribution is 1.94. The van der Waals surface area contributed by atoms with Crippen LogP contribution in [0.2, 0.25) is 0 Å². The lowest BCUT2D eigenvalue weighted by Gasteiger charge is -1.99. The summed E-state index contributed by atoms with van der Waals surface area (Å²) >= 11 is 4.60. The summed E-state index contributed by atoms with van der Waals surface area (Å²) in [5, 5.41) is 4.08. The van der Waals surface area contributed by atoms with Crippen molar-refractivity contribution in [2.45, 2.75) is 6.92 Å². The molecule has 0 saturated heterocycles. The van der Waals surface area contributed by atoms with E-state index in [0.717, 1.165) is 11.4 Å². The van der Waals surface area contributed by atoms with Gasteiger partial charge in [0, 0.05) is 6.20 Å². The zero-order valence-corrected chi connectivity index (χ0v) is 9.23. The molecule has 0 fully saturated rings. The summed E-state index contributed by atoms with van der Waals surface area (Å²) in [6.45, 7) is 1.83. The summed E-state index contributed by atoms with van der Waals surface area (Å²) in [7, 11) is 0. The standard InChI is InChI=1S/C8H10N4S.ClH/c1-6(11-12-8(9)13)7-4-2-3-5-10-7;/h2-5H,1H3,(H3,9,12,13);1H. The lowest BCUT2D eigenvalue weighted by atomic mass is 10.3. The van der Waals surface area contributed by atoms with Crippen LogP contribution in [-0.2, 0) is 0 Å². The maximum Gasteiger partial charge on any atom is 0.184 e. The van der Waals surface area contributed by atoms with Gasteiger partial charge >= 0.3 is 0 Å². The number of nitrogens with zero attached hydrogens (tertiary/aromatic N) is 2. The van der Waals surface area contributed by atoms with Crippen LogP contribution >= 0.6 is 24.6 Å². The summed E-state index contributed by atoms with van der Waals surface area (Å²) in [6, 6.07) is 5.60. The van der Waals surface area contributed by atoms with Crippen molar-refractivity contribution in [3.8, 4) is 0 Å². The van der Waals surface area contributed by atoms with E-state index in [2.05, 4.69) is 27.7 Å². The molecule has 0 unspecified atom stereocenters. The largest absolute Gasteiger partial charge is 0.375 e. The fraction of sp³-hybridized carbons (Fsp3) is 0.125. The summed E-state index contributed by atoms with van der Waals surface area (Å²) in [4.78, 5) is 4.10. The van der Waals surface area contributed by atoms with Gasteiger partial charge in [-0.2, -0.15) is 5.10 Å². The monoisotopic (exact) mass is 230 g/mol. The molecule has 0 aliphatic heterocycles. The average molecular weight is 231 g/mol. The van der Waals surface area contributed by atoms with E-state index in [9.17, 15) is 0 Å². The SMILES string of the molecule is CC(=NNC(N)=S)c1ccccn1.Cl. The Labute approximate surface area is 94.0 Å². The minimum Gasteiger partial charge on any atom is -0.375 e. The van der Waals surface area contributed by atoms with Gasteiger partial charge < -0.3 is 5.73 Å². The molecule has 0 spiro atoms. The van der Waals surface area contributed by atoms with Crippen molar-refractivity contribution in [2.75, 3.05) is 0 Å². The first-order valence-corrected chi connectivity index (χ1v) is 4.12. The highest BCUT2D eigenvalue weighted by atomic mass is 35.5. The average Bonchev–Trinajstić information content (AvgIpc) is 2.15. The maximum absolute atomic E-state index is 5.21. The van der Waals surface area contributed by atoms with E-state index in [-0.39, 0.29) is 17.5 Å². The van der Waals surface area contributed by atoms with E-state index in [1.165, 1.54) is 0 Å². The molecule has 1 rings (SSSR count). The molecule has 14 heavy (non-hydrogen) atoms. The molecular weight excluding hydrogens is 220 g/mol. The third kappa shape index (κ3) is 4.15. The molecule has 6 heteroatoms. The minimum absolute atomic E-state index is 0. The molecule has 1 heterocycles. The molecule has 0 amide bonds. The van der Waals surface area contributed by atoms with Crippen LogP contribution in [0.4, 0.5) is 0 Å². The second kappa shape index (κ2) is 6.28. The molecular formula is C8H11ClN4S. The van der Waals surface area contributed by atoms with Crippen molar-refractivity contribution < 1.29 is 0 Å². The molecule has 0 aromatic carbocycles. The molecule has 3 N–H and O–H groups in total. The van der Waals surface area contributed by atoms with Crippen LogP contribution in [0.3, 0.4) is 0 Å². The smallest absolute Gasteiger partial charge is 0.184 e. The van der Waals surface area contributed by atoms with Gasteiger partial charge in [-0.1, -0.05) is 6.07 Å². The molecule has 0 saturated carbocycles. The van der Waals surface area contributed by atoms with E-state index in [1.54, 1.807) is 6.20 Å². The Bertz CT molecular complexity index is 325. The highest BCUT2D eigenvalue weighted by molar-refractivity contribution is 7.80. The van der Waals surface area contributed by atoms with Crippen molar-refractivity contribution in [1.29, 1.82) is 0 Å². The summed E-state index contributed by atoms with van der Waals surface area (Å²) in [5.41, 5.74) is 9.25. The van der Waals surface area contributed by atoms with E-state index >= 15 is 0 Å². The van der Waals surface area contributed by atoms with Crippen molar-refractivity contribution in [2.24, 2.45) is 10.8 Å². The maximum atomic E-state index is 5.21. The van der Waals surface area contributed by atoms with Crippen molar-refractivity contribution >= 4 is 35.4 Å². The number of thiocarbonyl (C=S) groups is 1. The Morgan fingerprint density at radius 3 is 2.79 bits per heavy atom. The first-order chi connectivity index (χ1) is 6.20. The Morgan fingerprint density at radius 1 is 1.57 bits per heavy atom. The Balaban J connectivity index is 0.00000169. The molecule has 0 radical (unpaired) electrons. The van der Waals surface area contributed by atoms with Crippen LogP contribution in [0, 0.1) is 0 Å². The van der Waals surface area contributed by atoms with E-state index in [1.807, 2.05) is 25.1 Å². The normalized spacial score (nSPS) is 10.2. The van der Waals surface area contributed by atoms with Gasteiger partial charge in [-0.3, -0.25) is 10.4 Å². The van der Waals surface area contributed by atoms with E-state index < -0.39 is 0 Å². The number of nitrogens with two attached hydrogens (primary N) is 1. The third-order valence-corrected chi connectivity index (χ3v) is 1.46. The summed E-state index contributed by atoms with van der Waals surface area (Å²) in [5.74, 6) is 0. The number of pyridine rings is 1. The van der Waals surface area contributed by atoms with Gasteiger partial charge in [0.2, 0.25) is 0 Å². The van der Waals surface area contributed by atoms with Gasteiger partial charge in [0.05, 0.1) is 11.4 Å². The molecule has 0 aliphatic carbocycles. The quantitative estimate of drug-likeness (QED) is 0.453. The second-order valence-electron chi connectivity index (χ2n) is 2.39. The molecule has 1 aromatic heterocycles. The highest BCUT2D eigenvalue weighted by Gasteiger charge is 1.96. The Hall–Kier alpha value is -1.20. The molecule has 1 aromatic rings. The zero-order chi connectivity index (χ0) is 9.68. The minimum atomic E-state index is 0. The number of halogens is 1.